The number of rotatable bonds is 2. The Bertz CT molecular complexity index is 385. The van der Waals surface area contributed by atoms with Crippen LogP contribution in [-0.4, -0.2) is 55.3 Å². The minimum Gasteiger partial charge on any atom is -0.370 e. The van der Waals surface area contributed by atoms with Crippen LogP contribution in [0.5, 0.6) is 0 Å². The largest absolute Gasteiger partial charge is 0.370 e. The highest BCUT2D eigenvalue weighted by atomic mass is 16.5. The smallest absolute Gasteiger partial charge is 0.329 e. The number of imide groups is 1. The summed E-state index contributed by atoms with van der Waals surface area (Å²) in [7, 11) is 0. The fourth-order valence-electron chi connectivity index (χ4n) is 3.53. The maximum absolute atomic E-state index is 12.7. The summed E-state index contributed by atoms with van der Waals surface area (Å²) < 4.78 is 5.32. The molecule has 6 heteroatoms. The third-order valence-electron chi connectivity index (χ3n) is 4.78. The maximum Gasteiger partial charge on any atom is 0.329 e. The average molecular weight is 282 g/mol. The molecule has 1 aliphatic carbocycles. The van der Waals surface area contributed by atoms with Crippen molar-refractivity contribution >= 4 is 11.9 Å². The van der Waals surface area contributed by atoms with Crippen molar-refractivity contribution in [2.75, 3.05) is 33.0 Å². The summed E-state index contributed by atoms with van der Waals surface area (Å²) in [5.41, 5.74) is -0.598. The molecule has 3 aliphatic rings. The summed E-state index contributed by atoms with van der Waals surface area (Å²) in [5, 5.41) is 2.99. The molecule has 0 unspecified atom stereocenters. The fraction of sp³-hybridized carbons (Fsp3) is 0.857. The summed E-state index contributed by atoms with van der Waals surface area (Å²) in [4.78, 5) is 27.6. The van der Waals surface area contributed by atoms with Crippen molar-refractivity contribution in [3.8, 4) is 0 Å². The molecule has 112 valence electrons. The van der Waals surface area contributed by atoms with Crippen LogP contribution in [0.25, 0.3) is 0 Å². The highest BCUT2D eigenvalue weighted by Crippen LogP contribution is 2.32. The van der Waals surface area contributed by atoms with Gasteiger partial charge in [-0.25, -0.2) is 9.69 Å². The van der Waals surface area contributed by atoms with Gasteiger partial charge in [-0.15, -0.1) is 0 Å². The van der Waals surface area contributed by atoms with Crippen molar-refractivity contribution < 1.29 is 19.2 Å². The van der Waals surface area contributed by atoms with Crippen LogP contribution in [-0.2, 0) is 9.53 Å². The molecular formula is C14H24N3O3+. The predicted octanol–water partition coefficient (Wildman–Crippen LogP) is -0.496. The van der Waals surface area contributed by atoms with Crippen molar-refractivity contribution in [1.82, 2.24) is 10.2 Å². The minimum absolute atomic E-state index is 0.00314. The SMILES string of the molecule is O=C1NC2(CCCCCC2)C(=O)N1C[NH+]1CCOCC1. The zero-order chi connectivity index (χ0) is 14.0. The van der Waals surface area contributed by atoms with E-state index in [1.54, 1.807) is 0 Å². The van der Waals surface area contributed by atoms with Gasteiger partial charge in [0, 0.05) is 0 Å². The molecule has 0 aromatic heterocycles. The van der Waals surface area contributed by atoms with Gasteiger partial charge in [-0.2, -0.15) is 0 Å². The molecule has 0 aromatic carbocycles. The van der Waals surface area contributed by atoms with E-state index in [2.05, 4.69) is 5.32 Å². The number of urea groups is 1. The first kappa shape index (κ1) is 13.8. The van der Waals surface area contributed by atoms with Gasteiger partial charge in [-0.3, -0.25) is 4.79 Å². The molecule has 2 heterocycles. The third-order valence-corrected chi connectivity index (χ3v) is 4.78. The normalized spacial score (nSPS) is 27.7. The topological polar surface area (TPSA) is 63.1 Å². The Morgan fingerprint density at radius 3 is 2.40 bits per heavy atom. The second-order valence-corrected chi connectivity index (χ2v) is 6.18. The molecule has 6 nitrogen and oxygen atoms in total. The van der Waals surface area contributed by atoms with Crippen molar-refractivity contribution in [2.24, 2.45) is 0 Å². The van der Waals surface area contributed by atoms with E-state index in [0.717, 1.165) is 38.8 Å². The molecule has 0 atom stereocenters. The van der Waals surface area contributed by atoms with Crippen LogP contribution < -0.4 is 10.2 Å². The Labute approximate surface area is 119 Å². The lowest BCUT2D eigenvalue weighted by Gasteiger charge is -2.28. The molecule has 0 bridgehead atoms. The quantitative estimate of drug-likeness (QED) is 0.672. The Morgan fingerprint density at radius 1 is 1.10 bits per heavy atom. The molecule has 2 aliphatic heterocycles. The van der Waals surface area contributed by atoms with E-state index in [1.165, 1.54) is 22.6 Å². The summed E-state index contributed by atoms with van der Waals surface area (Å²) >= 11 is 0. The van der Waals surface area contributed by atoms with Crippen molar-refractivity contribution in [1.29, 1.82) is 0 Å². The van der Waals surface area contributed by atoms with Gasteiger partial charge < -0.3 is 15.0 Å². The number of nitrogens with one attached hydrogen (secondary N) is 2. The van der Waals surface area contributed by atoms with Crippen LogP contribution in [0.1, 0.15) is 38.5 Å². The highest BCUT2D eigenvalue weighted by Gasteiger charge is 2.51. The van der Waals surface area contributed by atoms with Gasteiger partial charge in [-0.05, 0) is 12.8 Å². The molecule has 3 rings (SSSR count). The molecule has 2 saturated heterocycles. The number of carbonyl (C=O) groups is 2. The molecule has 20 heavy (non-hydrogen) atoms. The van der Waals surface area contributed by atoms with Gasteiger partial charge in [0.1, 0.15) is 18.6 Å². The number of carbonyl (C=O) groups excluding carboxylic acids is 2. The summed E-state index contributed by atoms with van der Waals surface area (Å²) in [6, 6.07) is -0.198. The Morgan fingerprint density at radius 2 is 1.75 bits per heavy atom. The standard InChI is InChI=1S/C14H23N3O3/c18-12-14(5-3-1-2-4-6-14)15-13(19)17(12)11-16-7-9-20-10-8-16/h1-11H2,(H,15,19)/p+1. The van der Waals surface area contributed by atoms with Gasteiger partial charge in [0.2, 0.25) is 0 Å². The van der Waals surface area contributed by atoms with Gasteiger partial charge >= 0.3 is 6.03 Å². The van der Waals surface area contributed by atoms with Crippen LogP contribution in [0.2, 0.25) is 0 Å². The van der Waals surface area contributed by atoms with Crippen molar-refractivity contribution in [3.63, 3.8) is 0 Å². The average Bonchev–Trinajstić information content (AvgIpc) is 2.65. The van der Waals surface area contributed by atoms with Gasteiger partial charge in [0.25, 0.3) is 5.91 Å². The minimum atomic E-state index is -0.598. The van der Waals surface area contributed by atoms with Gasteiger partial charge in [-0.1, -0.05) is 25.7 Å². The lowest BCUT2D eigenvalue weighted by Crippen LogP contribution is -3.15. The molecule has 3 fully saturated rings. The number of nitrogens with zero attached hydrogens (tertiary/aromatic N) is 1. The van der Waals surface area contributed by atoms with Crippen LogP contribution in [0.3, 0.4) is 0 Å². The number of amides is 3. The third kappa shape index (κ3) is 2.54. The van der Waals surface area contributed by atoms with Crippen molar-refractivity contribution in [2.45, 2.75) is 44.1 Å². The lowest BCUT2D eigenvalue weighted by molar-refractivity contribution is -0.915. The molecular weight excluding hydrogens is 258 g/mol. The second-order valence-electron chi connectivity index (χ2n) is 6.18. The monoisotopic (exact) mass is 282 g/mol. The number of ether oxygens (including phenoxy) is 1. The number of hydrogen-bond donors (Lipinski definition) is 2. The Balaban J connectivity index is 1.69. The van der Waals surface area contributed by atoms with E-state index >= 15 is 0 Å². The van der Waals surface area contributed by atoms with E-state index in [1.807, 2.05) is 0 Å². The van der Waals surface area contributed by atoms with Crippen LogP contribution in [0.4, 0.5) is 4.79 Å². The molecule has 0 aromatic rings. The van der Waals surface area contributed by atoms with E-state index in [-0.39, 0.29) is 11.9 Å². The van der Waals surface area contributed by atoms with E-state index < -0.39 is 5.54 Å². The van der Waals surface area contributed by atoms with E-state index in [0.29, 0.717) is 19.9 Å². The zero-order valence-corrected chi connectivity index (χ0v) is 12.0. The Kier molecular flexibility index (Phi) is 3.94. The number of morpholine rings is 1. The second kappa shape index (κ2) is 5.69. The van der Waals surface area contributed by atoms with Crippen molar-refractivity contribution in [3.05, 3.63) is 0 Å². The lowest BCUT2D eigenvalue weighted by atomic mass is 9.90. The molecule has 1 spiro atoms. The molecule has 2 N–H and O–H groups in total. The molecule has 0 radical (unpaired) electrons. The van der Waals surface area contributed by atoms with E-state index in [9.17, 15) is 9.59 Å². The first-order valence-electron chi connectivity index (χ1n) is 7.77. The number of hydrogen-bond acceptors (Lipinski definition) is 3. The Hall–Kier alpha value is -1.14. The summed E-state index contributed by atoms with van der Waals surface area (Å²) in [5.74, 6) is 0.00314. The van der Waals surface area contributed by atoms with Crippen LogP contribution >= 0.6 is 0 Å². The highest BCUT2D eigenvalue weighted by molar-refractivity contribution is 6.06. The van der Waals surface area contributed by atoms with Gasteiger partial charge in [0.15, 0.2) is 6.67 Å². The first-order chi connectivity index (χ1) is 9.71. The predicted molar refractivity (Wildman–Crippen MR) is 72.2 cm³/mol. The van der Waals surface area contributed by atoms with E-state index in [4.69, 9.17) is 4.74 Å². The summed E-state index contributed by atoms with van der Waals surface area (Å²) in [6.07, 6.45) is 5.99. The maximum atomic E-state index is 12.7. The number of quaternary nitrogens is 1. The van der Waals surface area contributed by atoms with Crippen LogP contribution in [0, 0.1) is 0 Å². The first-order valence-corrected chi connectivity index (χ1v) is 7.77. The molecule has 3 amide bonds. The van der Waals surface area contributed by atoms with Crippen LogP contribution in [0.15, 0.2) is 0 Å². The van der Waals surface area contributed by atoms with Gasteiger partial charge in [0.05, 0.1) is 13.2 Å². The fourth-order valence-corrected chi connectivity index (χ4v) is 3.53. The zero-order valence-electron chi connectivity index (χ0n) is 12.0. The molecule has 1 saturated carbocycles. The summed E-state index contributed by atoms with van der Waals surface area (Å²) in [6.45, 7) is 3.64.